The first-order valence-corrected chi connectivity index (χ1v) is 11.2. The molecule has 0 aliphatic heterocycles. The maximum absolute atomic E-state index is 5.29. The fourth-order valence-corrected chi connectivity index (χ4v) is 5.11. The Morgan fingerprint density at radius 3 is 2.57 bits per heavy atom. The molecule has 0 spiro atoms. The van der Waals surface area contributed by atoms with Crippen molar-refractivity contribution < 1.29 is 4.74 Å². The first-order chi connectivity index (χ1) is 14.7. The Labute approximate surface area is 182 Å². The first-order valence-electron chi connectivity index (χ1n) is 9.53. The summed E-state index contributed by atoms with van der Waals surface area (Å²) in [6.07, 6.45) is 0. The molecule has 0 atom stereocenters. The van der Waals surface area contributed by atoms with Gasteiger partial charge in [0.05, 0.1) is 23.0 Å². The summed E-state index contributed by atoms with van der Waals surface area (Å²) >= 11 is 3.29. The molecule has 5 rings (SSSR count). The number of thiazole rings is 2. The third-order valence-corrected chi connectivity index (χ3v) is 6.72. The van der Waals surface area contributed by atoms with Crippen LogP contribution in [0.2, 0.25) is 0 Å². The van der Waals surface area contributed by atoms with Gasteiger partial charge in [-0.1, -0.05) is 47.7 Å². The summed E-state index contributed by atoms with van der Waals surface area (Å²) in [5.74, 6) is 0.843. The van der Waals surface area contributed by atoms with Crippen LogP contribution >= 0.6 is 22.7 Å². The second-order valence-electron chi connectivity index (χ2n) is 6.91. The van der Waals surface area contributed by atoms with Gasteiger partial charge in [-0.3, -0.25) is 0 Å². The number of hydrogen-bond acceptors (Lipinski definition) is 6. The summed E-state index contributed by atoms with van der Waals surface area (Å²) in [5.41, 5.74) is 6.50. The number of rotatable bonds is 5. The summed E-state index contributed by atoms with van der Waals surface area (Å²) in [6, 6.07) is 22.6. The molecule has 2 aromatic heterocycles. The Bertz CT molecular complexity index is 1320. The quantitative estimate of drug-likeness (QED) is 0.322. The first kappa shape index (κ1) is 18.8. The van der Waals surface area contributed by atoms with Gasteiger partial charge >= 0.3 is 0 Å². The lowest BCUT2D eigenvalue weighted by atomic mass is 10.1. The van der Waals surface area contributed by atoms with Crippen molar-refractivity contribution >= 4 is 43.7 Å². The maximum atomic E-state index is 5.29. The molecular weight excluding hydrogens is 410 g/mol. The summed E-state index contributed by atoms with van der Waals surface area (Å²) in [6.45, 7) is 2.12. The molecule has 6 heteroatoms. The third kappa shape index (κ3) is 3.67. The largest absolute Gasteiger partial charge is 0.497 e. The highest BCUT2D eigenvalue weighted by Crippen LogP contribution is 2.33. The molecule has 0 bridgehead atoms. The van der Waals surface area contributed by atoms with Crippen LogP contribution in [-0.4, -0.2) is 17.1 Å². The highest BCUT2D eigenvalue weighted by atomic mass is 32.1. The number of aryl methyl sites for hydroxylation is 1. The van der Waals surface area contributed by atoms with Crippen molar-refractivity contribution in [2.75, 3.05) is 12.4 Å². The number of aromatic nitrogens is 2. The van der Waals surface area contributed by atoms with Gasteiger partial charge in [-0.2, -0.15) is 0 Å². The highest BCUT2D eigenvalue weighted by Gasteiger charge is 2.09. The molecule has 0 radical (unpaired) electrons. The molecule has 0 aliphatic rings. The van der Waals surface area contributed by atoms with Gasteiger partial charge in [0.25, 0.3) is 0 Å². The molecule has 1 N–H and O–H groups in total. The van der Waals surface area contributed by atoms with E-state index in [4.69, 9.17) is 9.72 Å². The second kappa shape index (κ2) is 7.89. The number of nitrogens with one attached hydrogen (secondary N) is 1. The summed E-state index contributed by atoms with van der Waals surface area (Å²) < 4.78 is 6.39. The van der Waals surface area contributed by atoms with E-state index in [1.54, 1.807) is 29.8 Å². The van der Waals surface area contributed by atoms with Crippen molar-refractivity contribution in [1.29, 1.82) is 0 Å². The highest BCUT2D eigenvalue weighted by molar-refractivity contribution is 7.22. The van der Waals surface area contributed by atoms with E-state index in [1.807, 2.05) is 18.2 Å². The van der Waals surface area contributed by atoms with E-state index in [1.165, 1.54) is 11.1 Å². The minimum Gasteiger partial charge on any atom is -0.497 e. The third-order valence-electron chi connectivity index (χ3n) is 4.91. The number of ether oxygens (including phenoxy) is 1. The normalized spacial score (nSPS) is 11.0. The molecule has 0 amide bonds. The predicted octanol–water partition coefficient (Wildman–Crippen LogP) is 7.15. The van der Waals surface area contributed by atoms with Crippen molar-refractivity contribution in [3.05, 3.63) is 77.7 Å². The SMILES string of the molecule is COc1ccc2nc(Nc3ccc(-c4csc(-c5ccccc5C)n4)cc3)sc2c1. The van der Waals surface area contributed by atoms with Crippen molar-refractivity contribution in [3.8, 4) is 27.6 Å². The lowest BCUT2D eigenvalue weighted by Gasteiger charge is -2.04. The Morgan fingerprint density at radius 2 is 1.77 bits per heavy atom. The molecule has 5 aromatic rings. The topological polar surface area (TPSA) is 47.0 Å². The van der Waals surface area contributed by atoms with Crippen LogP contribution in [-0.2, 0) is 0 Å². The number of anilines is 2. The second-order valence-corrected chi connectivity index (χ2v) is 8.80. The van der Waals surface area contributed by atoms with E-state index in [9.17, 15) is 0 Å². The van der Waals surface area contributed by atoms with E-state index in [2.05, 4.69) is 71.1 Å². The number of benzene rings is 3. The number of fused-ring (bicyclic) bond motifs is 1. The fourth-order valence-electron chi connectivity index (χ4n) is 3.28. The molecule has 3 aromatic carbocycles. The zero-order valence-corrected chi connectivity index (χ0v) is 18.2. The number of nitrogens with zero attached hydrogens (tertiary/aromatic N) is 2. The lowest BCUT2D eigenvalue weighted by Crippen LogP contribution is -1.89. The molecule has 148 valence electrons. The monoisotopic (exact) mass is 429 g/mol. The van der Waals surface area contributed by atoms with Gasteiger partial charge in [0.1, 0.15) is 10.8 Å². The van der Waals surface area contributed by atoms with Gasteiger partial charge in [0.15, 0.2) is 5.13 Å². The zero-order chi connectivity index (χ0) is 20.5. The molecular formula is C24H19N3OS2. The van der Waals surface area contributed by atoms with Gasteiger partial charge in [0, 0.05) is 22.2 Å². The maximum Gasteiger partial charge on any atom is 0.188 e. The van der Waals surface area contributed by atoms with Crippen molar-refractivity contribution in [3.63, 3.8) is 0 Å². The molecule has 4 nitrogen and oxygen atoms in total. The molecule has 0 saturated heterocycles. The number of methoxy groups -OCH3 is 1. The van der Waals surface area contributed by atoms with E-state index in [0.29, 0.717) is 0 Å². The van der Waals surface area contributed by atoms with E-state index < -0.39 is 0 Å². The Kier molecular flexibility index (Phi) is 4.94. The van der Waals surface area contributed by atoms with Gasteiger partial charge in [-0.15, -0.1) is 11.3 Å². The summed E-state index contributed by atoms with van der Waals surface area (Å²) in [7, 11) is 1.68. The minimum atomic E-state index is 0.843. The van der Waals surface area contributed by atoms with E-state index >= 15 is 0 Å². The smallest absolute Gasteiger partial charge is 0.188 e. The van der Waals surface area contributed by atoms with E-state index in [-0.39, 0.29) is 0 Å². The van der Waals surface area contributed by atoms with Crippen molar-refractivity contribution in [2.45, 2.75) is 6.92 Å². The van der Waals surface area contributed by atoms with Crippen LogP contribution in [0, 0.1) is 6.92 Å². The van der Waals surface area contributed by atoms with E-state index in [0.717, 1.165) is 43.1 Å². The van der Waals surface area contributed by atoms with Crippen LogP contribution in [0.1, 0.15) is 5.56 Å². The Morgan fingerprint density at radius 1 is 0.933 bits per heavy atom. The van der Waals surface area contributed by atoms with Crippen LogP contribution in [0.25, 0.3) is 32.0 Å². The molecule has 0 unspecified atom stereocenters. The molecule has 0 aliphatic carbocycles. The summed E-state index contributed by atoms with van der Waals surface area (Å²) in [4.78, 5) is 9.50. The number of hydrogen-bond donors (Lipinski definition) is 1. The Balaban J connectivity index is 1.35. The van der Waals surface area contributed by atoms with Crippen LogP contribution < -0.4 is 10.1 Å². The van der Waals surface area contributed by atoms with Crippen LogP contribution in [0.3, 0.4) is 0 Å². The van der Waals surface area contributed by atoms with Crippen molar-refractivity contribution in [2.24, 2.45) is 0 Å². The molecule has 2 heterocycles. The van der Waals surface area contributed by atoms with Crippen molar-refractivity contribution in [1.82, 2.24) is 9.97 Å². The minimum absolute atomic E-state index is 0.843. The van der Waals surface area contributed by atoms with Crippen LogP contribution in [0.15, 0.2) is 72.1 Å². The van der Waals surface area contributed by atoms with Gasteiger partial charge in [-0.25, -0.2) is 9.97 Å². The zero-order valence-electron chi connectivity index (χ0n) is 16.5. The van der Waals surface area contributed by atoms with Gasteiger partial charge < -0.3 is 10.1 Å². The van der Waals surface area contributed by atoms with Gasteiger partial charge in [-0.05, 0) is 42.8 Å². The predicted molar refractivity (Wildman–Crippen MR) is 127 cm³/mol. The Hall–Kier alpha value is -3.22. The average molecular weight is 430 g/mol. The standard InChI is InChI=1S/C24H19N3OS2/c1-15-5-3-4-6-19(15)23-26-21(14-29-23)16-7-9-17(10-8-16)25-24-27-20-12-11-18(28-2)13-22(20)30-24/h3-14H,1-2H3,(H,25,27). The molecule has 0 saturated carbocycles. The fraction of sp³-hybridized carbons (Fsp3) is 0.0833. The van der Waals surface area contributed by atoms with Gasteiger partial charge in [0.2, 0.25) is 0 Å². The lowest BCUT2D eigenvalue weighted by molar-refractivity contribution is 0.415. The molecule has 30 heavy (non-hydrogen) atoms. The molecule has 0 fully saturated rings. The summed E-state index contributed by atoms with van der Waals surface area (Å²) in [5, 5.41) is 7.43. The van der Waals surface area contributed by atoms with Crippen LogP contribution in [0.5, 0.6) is 5.75 Å². The average Bonchev–Trinajstić information content (AvgIpc) is 3.41. The van der Waals surface area contributed by atoms with Crippen LogP contribution in [0.4, 0.5) is 10.8 Å².